The average Bonchev–Trinajstić information content (AvgIpc) is 2.79. The average molecular weight is 321 g/mol. The summed E-state index contributed by atoms with van der Waals surface area (Å²) in [6.07, 6.45) is -4.37. The van der Waals surface area contributed by atoms with Gasteiger partial charge in [0, 0.05) is 30.7 Å². The Balaban J connectivity index is 2.30. The number of likely N-dealkylation sites (N-methyl/N-ethyl adjacent to an activating group) is 1. The van der Waals surface area contributed by atoms with Gasteiger partial charge in [0.05, 0.1) is 5.56 Å². The Morgan fingerprint density at radius 3 is 2.43 bits per heavy atom. The quantitative estimate of drug-likeness (QED) is 0.781. The second-order valence-corrected chi connectivity index (χ2v) is 6.15. The standard InChI is InChI=1S/C15H20ClF3N2/c1-10-8-21(9-14(10)20(2)3)12-5-4-11(7-16)13(6-12)15(17,18)19/h4-6,10,14H,7-9H2,1-3H3. The van der Waals surface area contributed by atoms with Crippen LogP contribution in [0.1, 0.15) is 18.1 Å². The maximum Gasteiger partial charge on any atom is 0.416 e. The molecule has 21 heavy (non-hydrogen) atoms. The van der Waals surface area contributed by atoms with Crippen molar-refractivity contribution in [2.24, 2.45) is 5.92 Å². The molecule has 1 fully saturated rings. The van der Waals surface area contributed by atoms with Gasteiger partial charge in [0.15, 0.2) is 0 Å². The zero-order valence-corrected chi connectivity index (χ0v) is 13.2. The predicted octanol–water partition coefficient (Wildman–Crippen LogP) is 3.83. The van der Waals surface area contributed by atoms with Crippen LogP contribution in [0.15, 0.2) is 18.2 Å². The Labute approximate surface area is 128 Å². The SMILES string of the molecule is CC1CN(c2ccc(CCl)c(C(F)(F)F)c2)CC1N(C)C. The van der Waals surface area contributed by atoms with Gasteiger partial charge in [0.1, 0.15) is 0 Å². The molecule has 1 aliphatic rings. The van der Waals surface area contributed by atoms with E-state index in [9.17, 15) is 13.2 Å². The van der Waals surface area contributed by atoms with Crippen LogP contribution < -0.4 is 4.90 Å². The molecule has 0 aromatic heterocycles. The van der Waals surface area contributed by atoms with Gasteiger partial charge < -0.3 is 9.80 Å². The zero-order valence-electron chi connectivity index (χ0n) is 12.4. The molecular formula is C15H20ClF3N2. The summed E-state index contributed by atoms with van der Waals surface area (Å²) in [4.78, 5) is 4.14. The van der Waals surface area contributed by atoms with Crippen LogP contribution >= 0.6 is 11.6 Å². The minimum Gasteiger partial charge on any atom is -0.370 e. The second-order valence-electron chi connectivity index (χ2n) is 5.89. The van der Waals surface area contributed by atoms with Crippen LogP contribution in [-0.4, -0.2) is 38.1 Å². The summed E-state index contributed by atoms with van der Waals surface area (Å²) in [5.74, 6) is 0.285. The van der Waals surface area contributed by atoms with Crippen molar-refractivity contribution in [1.29, 1.82) is 0 Å². The Morgan fingerprint density at radius 1 is 1.29 bits per heavy atom. The molecule has 1 heterocycles. The summed E-state index contributed by atoms with van der Waals surface area (Å²) in [6, 6.07) is 4.80. The number of rotatable bonds is 3. The summed E-state index contributed by atoms with van der Waals surface area (Å²) < 4.78 is 39.3. The van der Waals surface area contributed by atoms with Crippen LogP contribution in [0.25, 0.3) is 0 Å². The number of benzene rings is 1. The number of hydrogen-bond acceptors (Lipinski definition) is 2. The molecule has 0 N–H and O–H groups in total. The number of hydrogen-bond donors (Lipinski definition) is 0. The third kappa shape index (κ3) is 3.46. The largest absolute Gasteiger partial charge is 0.416 e. The van der Waals surface area contributed by atoms with Crippen molar-refractivity contribution in [1.82, 2.24) is 4.90 Å². The lowest BCUT2D eigenvalue weighted by atomic mass is 10.1. The van der Waals surface area contributed by atoms with Crippen molar-refractivity contribution in [3.8, 4) is 0 Å². The van der Waals surface area contributed by atoms with Crippen molar-refractivity contribution in [2.45, 2.75) is 25.0 Å². The van der Waals surface area contributed by atoms with Crippen LogP contribution in [0.4, 0.5) is 18.9 Å². The molecule has 0 aliphatic carbocycles. The Hall–Kier alpha value is -0.940. The van der Waals surface area contributed by atoms with Gasteiger partial charge in [-0.2, -0.15) is 13.2 Å². The molecule has 0 spiro atoms. The van der Waals surface area contributed by atoms with Crippen LogP contribution in [0.5, 0.6) is 0 Å². The fourth-order valence-corrected chi connectivity index (χ4v) is 3.21. The van der Waals surface area contributed by atoms with E-state index in [4.69, 9.17) is 11.6 Å². The van der Waals surface area contributed by atoms with E-state index in [1.165, 1.54) is 12.1 Å². The minimum atomic E-state index is -4.37. The van der Waals surface area contributed by atoms with E-state index in [0.29, 0.717) is 17.6 Å². The summed E-state index contributed by atoms with van der Waals surface area (Å²) in [5, 5.41) is 0. The first-order valence-corrected chi connectivity index (χ1v) is 7.45. The first-order chi connectivity index (χ1) is 9.74. The molecule has 118 valence electrons. The minimum absolute atomic E-state index is 0.129. The normalized spacial score (nSPS) is 23.1. The molecule has 0 bridgehead atoms. The highest BCUT2D eigenvalue weighted by atomic mass is 35.5. The number of anilines is 1. The van der Waals surface area contributed by atoms with E-state index in [-0.39, 0.29) is 11.4 Å². The molecule has 0 amide bonds. The van der Waals surface area contributed by atoms with E-state index in [0.717, 1.165) is 13.1 Å². The zero-order chi connectivity index (χ0) is 15.8. The highest BCUT2D eigenvalue weighted by molar-refractivity contribution is 6.17. The third-order valence-corrected chi connectivity index (χ3v) is 4.43. The Morgan fingerprint density at radius 2 is 1.95 bits per heavy atom. The van der Waals surface area contributed by atoms with Gasteiger partial charge in [0.25, 0.3) is 0 Å². The third-order valence-electron chi connectivity index (χ3n) is 4.14. The number of nitrogens with zero attached hydrogens (tertiary/aromatic N) is 2. The molecule has 1 aromatic carbocycles. The second kappa shape index (κ2) is 6.05. The van der Waals surface area contributed by atoms with Crippen molar-refractivity contribution in [3.05, 3.63) is 29.3 Å². The smallest absolute Gasteiger partial charge is 0.370 e. The van der Waals surface area contributed by atoms with Crippen LogP contribution in [0.3, 0.4) is 0 Å². The lowest BCUT2D eigenvalue weighted by Crippen LogP contribution is -2.34. The Kier molecular flexibility index (Phi) is 4.73. The van der Waals surface area contributed by atoms with Crippen molar-refractivity contribution >= 4 is 17.3 Å². The molecule has 2 unspecified atom stereocenters. The fraction of sp³-hybridized carbons (Fsp3) is 0.600. The van der Waals surface area contributed by atoms with E-state index >= 15 is 0 Å². The van der Waals surface area contributed by atoms with E-state index in [2.05, 4.69) is 11.8 Å². The summed E-state index contributed by atoms with van der Waals surface area (Å²) in [7, 11) is 4.00. The number of halogens is 4. The molecule has 0 radical (unpaired) electrons. The molecular weight excluding hydrogens is 301 g/mol. The summed E-state index contributed by atoms with van der Waals surface area (Å²) in [5.41, 5.74) is 0.118. The van der Waals surface area contributed by atoms with E-state index in [1.54, 1.807) is 6.07 Å². The van der Waals surface area contributed by atoms with Crippen molar-refractivity contribution in [2.75, 3.05) is 32.1 Å². The van der Waals surface area contributed by atoms with Gasteiger partial charge in [-0.3, -0.25) is 0 Å². The highest BCUT2D eigenvalue weighted by Crippen LogP contribution is 2.36. The highest BCUT2D eigenvalue weighted by Gasteiger charge is 2.35. The molecule has 0 saturated carbocycles. The van der Waals surface area contributed by atoms with Gasteiger partial charge in [-0.05, 0) is 37.7 Å². The summed E-state index contributed by atoms with van der Waals surface area (Å²) >= 11 is 5.62. The Bertz CT molecular complexity index is 502. The molecule has 1 aliphatic heterocycles. The topological polar surface area (TPSA) is 6.48 Å². The first kappa shape index (κ1) is 16.4. The van der Waals surface area contributed by atoms with E-state index < -0.39 is 11.7 Å². The predicted molar refractivity (Wildman–Crippen MR) is 79.9 cm³/mol. The van der Waals surface area contributed by atoms with Crippen molar-refractivity contribution < 1.29 is 13.2 Å². The number of alkyl halides is 4. The first-order valence-electron chi connectivity index (χ1n) is 6.91. The molecule has 6 heteroatoms. The molecule has 2 rings (SSSR count). The van der Waals surface area contributed by atoms with Crippen LogP contribution in [0.2, 0.25) is 0 Å². The lowest BCUT2D eigenvalue weighted by Gasteiger charge is -2.23. The summed E-state index contributed by atoms with van der Waals surface area (Å²) in [6.45, 7) is 3.63. The van der Waals surface area contributed by atoms with Gasteiger partial charge in [-0.25, -0.2) is 0 Å². The fourth-order valence-electron chi connectivity index (χ4n) is 2.97. The monoisotopic (exact) mass is 320 g/mol. The van der Waals surface area contributed by atoms with Crippen LogP contribution in [-0.2, 0) is 12.1 Å². The molecule has 1 saturated heterocycles. The van der Waals surface area contributed by atoms with E-state index in [1.807, 2.05) is 19.0 Å². The van der Waals surface area contributed by atoms with Gasteiger partial charge in [-0.1, -0.05) is 13.0 Å². The lowest BCUT2D eigenvalue weighted by molar-refractivity contribution is -0.138. The molecule has 2 nitrogen and oxygen atoms in total. The van der Waals surface area contributed by atoms with Gasteiger partial charge in [-0.15, -0.1) is 11.6 Å². The maximum absolute atomic E-state index is 13.1. The maximum atomic E-state index is 13.1. The van der Waals surface area contributed by atoms with Gasteiger partial charge in [0.2, 0.25) is 0 Å². The van der Waals surface area contributed by atoms with Crippen molar-refractivity contribution in [3.63, 3.8) is 0 Å². The van der Waals surface area contributed by atoms with Crippen LogP contribution in [0, 0.1) is 5.92 Å². The van der Waals surface area contributed by atoms with Gasteiger partial charge >= 0.3 is 6.18 Å². The molecule has 2 atom stereocenters. The molecule has 1 aromatic rings.